The summed E-state index contributed by atoms with van der Waals surface area (Å²) >= 11 is 0. The summed E-state index contributed by atoms with van der Waals surface area (Å²) in [6.45, 7) is 7.03. The Morgan fingerprint density at radius 1 is 1.23 bits per heavy atom. The molecular weight excluding hydrogens is 274 g/mol. The van der Waals surface area contributed by atoms with Crippen molar-refractivity contribution in [2.24, 2.45) is 0 Å². The predicted octanol–water partition coefficient (Wildman–Crippen LogP) is 3.79. The molecule has 0 saturated heterocycles. The molecule has 0 spiro atoms. The van der Waals surface area contributed by atoms with E-state index in [1.54, 1.807) is 0 Å². The standard InChI is InChI=1S/C19H27NO2/c1-4-6-7-8-9-17-10-12-18(13-11-17)15-20-16(3)14-19(21)22-5-2/h4,6-8,10-13,16,20H,5,9,14-15H2,1-3H3/b6-4-,8-7-. The second-order valence-corrected chi connectivity index (χ2v) is 5.27. The smallest absolute Gasteiger partial charge is 0.307 e. The van der Waals surface area contributed by atoms with Crippen molar-refractivity contribution in [2.45, 2.75) is 46.2 Å². The molecule has 0 heterocycles. The lowest BCUT2D eigenvalue weighted by atomic mass is 10.1. The third-order valence-corrected chi connectivity index (χ3v) is 3.25. The van der Waals surface area contributed by atoms with Crippen LogP contribution in [0.5, 0.6) is 0 Å². The van der Waals surface area contributed by atoms with Gasteiger partial charge in [0.1, 0.15) is 0 Å². The van der Waals surface area contributed by atoms with Crippen LogP contribution in [0.3, 0.4) is 0 Å². The number of nitrogens with one attached hydrogen (secondary N) is 1. The third kappa shape index (κ3) is 7.79. The molecule has 1 aromatic rings. The summed E-state index contributed by atoms with van der Waals surface area (Å²) in [5.74, 6) is -0.147. The van der Waals surface area contributed by atoms with Gasteiger partial charge in [-0.1, -0.05) is 48.6 Å². The second kappa shape index (κ2) is 10.8. The Hall–Kier alpha value is -1.87. The molecule has 0 radical (unpaired) electrons. The number of carbonyl (C=O) groups is 1. The number of hydrogen-bond donors (Lipinski definition) is 1. The maximum absolute atomic E-state index is 11.4. The minimum Gasteiger partial charge on any atom is -0.466 e. The SMILES string of the molecule is C/C=C\C=C/Cc1ccc(CNC(C)CC(=O)OCC)cc1. The monoisotopic (exact) mass is 301 g/mol. The molecule has 0 aliphatic rings. The first-order chi connectivity index (χ1) is 10.7. The number of hydrogen-bond acceptors (Lipinski definition) is 3. The zero-order valence-electron chi connectivity index (χ0n) is 13.8. The van der Waals surface area contributed by atoms with Crippen molar-refractivity contribution in [3.8, 4) is 0 Å². The van der Waals surface area contributed by atoms with Gasteiger partial charge in [-0.05, 0) is 38.3 Å². The number of carbonyl (C=O) groups excluding carboxylic acids is 1. The van der Waals surface area contributed by atoms with Crippen LogP contribution in [-0.4, -0.2) is 18.6 Å². The minimum absolute atomic E-state index is 0.113. The molecule has 1 N–H and O–H groups in total. The van der Waals surface area contributed by atoms with Crippen molar-refractivity contribution in [2.75, 3.05) is 6.61 Å². The summed E-state index contributed by atoms with van der Waals surface area (Å²) in [4.78, 5) is 11.4. The van der Waals surface area contributed by atoms with E-state index in [9.17, 15) is 4.79 Å². The number of esters is 1. The summed E-state index contributed by atoms with van der Waals surface area (Å²) in [6.07, 6.45) is 9.60. The van der Waals surface area contributed by atoms with Crippen LogP contribution in [0.2, 0.25) is 0 Å². The molecule has 1 atom stereocenters. The van der Waals surface area contributed by atoms with E-state index in [-0.39, 0.29) is 12.0 Å². The molecule has 0 aromatic heterocycles. The van der Waals surface area contributed by atoms with E-state index in [1.165, 1.54) is 11.1 Å². The largest absolute Gasteiger partial charge is 0.466 e. The predicted molar refractivity (Wildman–Crippen MR) is 91.7 cm³/mol. The Kier molecular flexibility index (Phi) is 8.92. The average molecular weight is 301 g/mol. The molecule has 0 aliphatic heterocycles. The van der Waals surface area contributed by atoms with Gasteiger partial charge in [0, 0.05) is 12.6 Å². The highest BCUT2D eigenvalue weighted by Crippen LogP contribution is 2.06. The topological polar surface area (TPSA) is 38.3 Å². The zero-order chi connectivity index (χ0) is 16.2. The Labute approximate surface area is 134 Å². The molecule has 0 amide bonds. The van der Waals surface area contributed by atoms with Crippen LogP contribution in [-0.2, 0) is 22.5 Å². The van der Waals surface area contributed by atoms with Crippen LogP contribution in [0.1, 0.15) is 38.3 Å². The second-order valence-electron chi connectivity index (χ2n) is 5.27. The fourth-order valence-electron chi connectivity index (χ4n) is 2.02. The van der Waals surface area contributed by atoms with Crippen LogP contribution >= 0.6 is 0 Å². The summed E-state index contributed by atoms with van der Waals surface area (Å²) in [5, 5.41) is 3.34. The molecule has 1 unspecified atom stereocenters. The highest BCUT2D eigenvalue weighted by molar-refractivity contribution is 5.70. The van der Waals surface area contributed by atoms with E-state index in [0.29, 0.717) is 13.0 Å². The van der Waals surface area contributed by atoms with Gasteiger partial charge in [0.15, 0.2) is 0 Å². The fraction of sp³-hybridized carbons (Fsp3) is 0.421. The number of allylic oxidation sites excluding steroid dienone is 4. The van der Waals surface area contributed by atoms with Gasteiger partial charge in [-0.25, -0.2) is 0 Å². The van der Waals surface area contributed by atoms with E-state index < -0.39 is 0 Å². The van der Waals surface area contributed by atoms with Crippen molar-refractivity contribution in [1.29, 1.82) is 0 Å². The lowest BCUT2D eigenvalue weighted by molar-refractivity contribution is -0.143. The first-order valence-corrected chi connectivity index (χ1v) is 7.90. The molecule has 0 aliphatic carbocycles. The number of ether oxygens (including phenoxy) is 1. The molecule has 3 nitrogen and oxygen atoms in total. The Bertz CT molecular complexity index is 489. The highest BCUT2D eigenvalue weighted by atomic mass is 16.5. The molecule has 22 heavy (non-hydrogen) atoms. The van der Waals surface area contributed by atoms with Crippen molar-refractivity contribution < 1.29 is 9.53 Å². The van der Waals surface area contributed by atoms with Gasteiger partial charge in [-0.3, -0.25) is 4.79 Å². The van der Waals surface area contributed by atoms with Crippen molar-refractivity contribution in [1.82, 2.24) is 5.32 Å². The van der Waals surface area contributed by atoms with E-state index in [4.69, 9.17) is 4.74 Å². The molecule has 120 valence electrons. The summed E-state index contributed by atoms with van der Waals surface area (Å²) < 4.78 is 4.94. The molecule has 1 rings (SSSR count). The number of benzene rings is 1. The Morgan fingerprint density at radius 2 is 1.91 bits per heavy atom. The summed E-state index contributed by atoms with van der Waals surface area (Å²) in [6, 6.07) is 8.66. The Morgan fingerprint density at radius 3 is 2.55 bits per heavy atom. The molecule has 3 heteroatoms. The molecule has 1 aromatic carbocycles. The van der Waals surface area contributed by atoms with Crippen molar-refractivity contribution >= 4 is 5.97 Å². The van der Waals surface area contributed by atoms with Crippen LogP contribution in [0.15, 0.2) is 48.6 Å². The van der Waals surface area contributed by atoms with E-state index in [1.807, 2.05) is 32.9 Å². The first kappa shape index (κ1) is 18.2. The first-order valence-electron chi connectivity index (χ1n) is 7.90. The Balaban J connectivity index is 2.36. The fourth-order valence-corrected chi connectivity index (χ4v) is 2.02. The van der Waals surface area contributed by atoms with Crippen LogP contribution in [0.25, 0.3) is 0 Å². The molecule has 0 bridgehead atoms. The van der Waals surface area contributed by atoms with Gasteiger partial charge in [0.2, 0.25) is 0 Å². The molecule has 0 saturated carbocycles. The molecule has 0 fully saturated rings. The third-order valence-electron chi connectivity index (χ3n) is 3.25. The van der Waals surface area contributed by atoms with E-state index in [2.05, 4.69) is 41.7 Å². The van der Waals surface area contributed by atoms with Gasteiger partial charge >= 0.3 is 5.97 Å². The number of rotatable bonds is 9. The van der Waals surface area contributed by atoms with Crippen molar-refractivity contribution in [3.63, 3.8) is 0 Å². The normalized spacial score (nSPS) is 12.9. The van der Waals surface area contributed by atoms with Gasteiger partial charge in [0.25, 0.3) is 0 Å². The maximum atomic E-state index is 11.4. The van der Waals surface area contributed by atoms with E-state index in [0.717, 1.165) is 13.0 Å². The minimum atomic E-state index is -0.147. The quantitative estimate of drug-likeness (QED) is 0.557. The van der Waals surface area contributed by atoms with Gasteiger partial charge < -0.3 is 10.1 Å². The summed E-state index contributed by atoms with van der Waals surface area (Å²) in [5.41, 5.74) is 2.51. The lowest BCUT2D eigenvalue weighted by Crippen LogP contribution is -2.28. The van der Waals surface area contributed by atoms with Gasteiger partial charge in [-0.2, -0.15) is 0 Å². The average Bonchev–Trinajstić information content (AvgIpc) is 2.51. The maximum Gasteiger partial charge on any atom is 0.307 e. The van der Waals surface area contributed by atoms with Gasteiger partial charge in [-0.15, -0.1) is 0 Å². The van der Waals surface area contributed by atoms with Crippen LogP contribution < -0.4 is 5.32 Å². The van der Waals surface area contributed by atoms with E-state index >= 15 is 0 Å². The zero-order valence-corrected chi connectivity index (χ0v) is 13.8. The van der Waals surface area contributed by atoms with Crippen molar-refractivity contribution in [3.05, 3.63) is 59.7 Å². The van der Waals surface area contributed by atoms with Gasteiger partial charge in [0.05, 0.1) is 13.0 Å². The highest BCUT2D eigenvalue weighted by Gasteiger charge is 2.08. The lowest BCUT2D eigenvalue weighted by Gasteiger charge is -2.13. The summed E-state index contributed by atoms with van der Waals surface area (Å²) in [7, 11) is 0. The van der Waals surface area contributed by atoms with Crippen LogP contribution in [0.4, 0.5) is 0 Å². The molecular formula is C19H27NO2. The van der Waals surface area contributed by atoms with Crippen LogP contribution in [0, 0.1) is 0 Å².